The van der Waals surface area contributed by atoms with Crippen molar-refractivity contribution in [1.29, 1.82) is 0 Å². The molecule has 1 aliphatic carbocycles. The Kier molecular flexibility index (Phi) is 9.96. The lowest BCUT2D eigenvalue weighted by Gasteiger charge is -2.21. The van der Waals surface area contributed by atoms with Gasteiger partial charge < -0.3 is 0 Å². The van der Waals surface area contributed by atoms with Crippen molar-refractivity contribution in [3.05, 3.63) is 0 Å². The van der Waals surface area contributed by atoms with Crippen molar-refractivity contribution in [2.24, 2.45) is 0 Å². The smallest absolute Gasteiger partial charge is 0.274 e. The molecule has 0 N–H and O–H groups in total. The Labute approximate surface area is 136 Å². The molecule has 1 fully saturated rings. The summed E-state index contributed by atoms with van der Waals surface area (Å²) in [4.78, 5) is 11.8. The normalized spacial score (nSPS) is 16.8. The molecule has 130 valence electrons. The zero-order chi connectivity index (χ0) is 16.3. The molecule has 5 heteroatoms. The molecule has 0 aromatic carbocycles. The summed E-state index contributed by atoms with van der Waals surface area (Å²) < 4.78 is 28.9. The summed E-state index contributed by atoms with van der Waals surface area (Å²) in [7, 11) is -3.68. The predicted molar refractivity (Wildman–Crippen MR) is 89.4 cm³/mol. The molecule has 0 atom stereocenters. The minimum absolute atomic E-state index is 0.204. The Morgan fingerprint density at radius 2 is 1.55 bits per heavy atom. The van der Waals surface area contributed by atoms with Crippen LogP contribution in [0.1, 0.15) is 90.4 Å². The van der Waals surface area contributed by atoms with E-state index in [1.54, 1.807) is 0 Å². The molecular formula is C17H32O4S. The third kappa shape index (κ3) is 9.57. The minimum Gasteiger partial charge on any atom is -0.298 e. The summed E-state index contributed by atoms with van der Waals surface area (Å²) >= 11 is 0. The molecule has 0 radical (unpaired) electrons. The highest BCUT2D eigenvalue weighted by Crippen LogP contribution is 2.22. The van der Waals surface area contributed by atoms with Gasteiger partial charge in [0, 0.05) is 6.42 Å². The third-order valence-electron chi connectivity index (χ3n) is 4.23. The van der Waals surface area contributed by atoms with Crippen LogP contribution in [0.3, 0.4) is 0 Å². The number of hydrogen-bond donors (Lipinski definition) is 0. The lowest BCUT2D eigenvalue weighted by Crippen LogP contribution is -2.25. The van der Waals surface area contributed by atoms with Gasteiger partial charge in [-0.3, -0.25) is 8.98 Å². The molecule has 0 spiro atoms. The van der Waals surface area contributed by atoms with Crippen LogP contribution in [-0.4, -0.2) is 26.1 Å². The molecule has 0 bridgehead atoms. The van der Waals surface area contributed by atoms with E-state index in [0.717, 1.165) is 51.4 Å². The second kappa shape index (κ2) is 11.2. The van der Waals surface area contributed by atoms with E-state index < -0.39 is 15.9 Å². The van der Waals surface area contributed by atoms with Gasteiger partial charge >= 0.3 is 0 Å². The molecule has 0 saturated heterocycles. The molecule has 0 unspecified atom stereocenters. The van der Waals surface area contributed by atoms with Gasteiger partial charge in [-0.05, 0) is 19.3 Å². The van der Waals surface area contributed by atoms with Gasteiger partial charge in [0.2, 0.25) is 0 Å². The zero-order valence-electron chi connectivity index (χ0n) is 14.0. The SMILES string of the molecule is CCCCCCCCCC(=O)CS(=O)(=O)OC1CCCCC1. The van der Waals surface area contributed by atoms with Crippen molar-refractivity contribution in [1.82, 2.24) is 0 Å². The maximum Gasteiger partial charge on any atom is 0.274 e. The summed E-state index contributed by atoms with van der Waals surface area (Å²) in [5.74, 6) is -0.649. The molecule has 0 aliphatic heterocycles. The minimum atomic E-state index is -3.68. The Bertz CT molecular complexity index is 397. The zero-order valence-corrected chi connectivity index (χ0v) is 14.8. The van der Waals surface area contributed by atoms with Crippen LogP contribution in [0.2, 0.25) is 0 Å². The van der Waals surface area contributed by atoms with Crippen molar-refractivity contribution >= 4 is 15.9 Å². The Balaban J connectivity index is 2.12. The van der Waals surface area contributed by atoms with Crippen LogP contribution in [0.25, 0.3) is 0 Å². The van der Waals surface area contributed by atoms with E-state index in [9.17, 15) is 13.2 Å². The number of carbonyl (C=O) groups excluding carboxylic acids is 1. The predicted octanol–water partition coefficient (Wildman–Crippen LogP) is 4.38. The lowest BCUT2D eigenvalue weighted by atomic mass is 9.98. The first-order chi connectivity index (χ1) is 10.5. The number of carbonyl (C=O) groups is 1. The average Bonchev–Trinajstić information content (AvgIpc) is 2.46. The molecule has 0 heterocycles. The quantitative estimate of drug-likeness (QED) is 0.393. The van der Waals surface area contributed by atoms with Crippen LogP contribution in [0.15, 0.2) is 0 Å². The van der Waals surface area contributed by atoms with Gasteiger partial charge in [-0.15, -0.1) is 0 Å². The standard InChI is InChI=1S/C17H32O4S/c1-2-3-4-5-6-7-9-12-16(18)15-22(19,20)21-17-13-10-8-11-14-17/h17H,2-15H2,1H3. The highest BCUT2D eigenvalue weighted by Gasteiger charge is 2.23. The molecule has 4 nitrogen and oxygen atoms in total. The Morgan fingerprint density at radius 3 is 2.18 bits per heavy atom. The summed E-state index contributed by atoms with van der Waals surface area (Å²) in [6, 6.07) is 0. The van der Waals surface area contributed by atoms with Gasteiger partial charge in [0.25, 0.3) is 10.1 Å². The van der Waals surface area contributed by atoms with Gasteiger partial charge in [-0.2, -0.15) is 8.42 Å². The first-order valence-electron chi connectivity index (χ1n) is 8.96. The molecule has 1 aliphatic rings. The van der Waals surface area contributed by atoms with E-state index in [4.69, 9.17) is 4.18 Å². The molecule has 0 aromatic rings. The van der Waals surface area contributed by atoms with Gasteiger partial charge in [-0.1, -0.05) is 64.7 Å². The van der Waals surface area contributed by atoms with Crippen molar-refractivity contribution in [3.63, 3.8) is 0 Å². The van der Waals surface area contributed by atoms with E-state index in [0.29, 0.717) is 6.42 Å². The van der Waals surface area contributed by atoms with Gasteiger partial charge in [-0.25, -0.2) is 0 Å². The maximum absolute atomic E-state index is 11.9. The topological polar surface area (TPSA) is 60.4 Å². The van der Waals surface area contributed by atoms with Crippen LogP contribution in [0, 0.1) is 0 Å². The van der Waals surface area contributed by atoms with E-state index in [1.165, 1.54) is 25.7 Å². The average molecular weight is 333 g/mol. The van der Waals surface area contributed by atoms with Gasteiger partial charge in [0.05, 0.1) is 6.10 Å². The highest BCUT2D eigenvalue weighted by atomic mass is 32.2. The van der Waals surface area contributed by atoms with Crippen LogP contribution < -0.4 is 0 Å². The van der Waals surface area contributed by atoms with E-state index in [2.05, 4.69) is 6.92 Å². The first-order valence-corrected chi connectivity index (χ1v) is 10.5. The number of rotatable bonds is 12. The van der Waals surface area contributed by atoms with Crippen molar-refractivity contribution in [2.75, 3.05) is 5.75 Å². The fraction of sp³-hybridized carbons (Fsp3) is 0.941. The summed E-state index contributed by atoms with van der Waals surface area (Å²) in [6.45, 7) is 2.19. The van der Waals surface area contributed by atoms with Crippen LogP contribution >= 0.6 is 0 Å². The van der Waals surface area contributed by atoms with Gasteiger partial charge in [0.15, 0.2) is 0 Å². The Hall–Kier alpha value is -0.420. The number of unbranched alkanes of at least 4 members (excludes halogenated alkanes) is 6. The third-order valence-corrected chi connectivity index (χ3v) is 5.47. The summed E-state index contributed by atoms with van der Waals surface area (Å²) in [6.07, 6.45) is 12.9. The number of Topliss-reactive ketones (excluding diaryl/α,β-unsaturated/α-hetero) is 1. The number of hydrogen-bond acceptors (Lipinski definition) is 4. The van der Waals surface area contributed by atoms with Crippen molar-refractivity contribution in [2.45, 2.75) is 96.5 Å². The van der Waals surface area contributed by atoms with Crippen molar-refractivity contribution in [3.8, 4) is 0 Å². The molecule has 1 rings (SSSR count). The molecule has 22 heavy (non-hydrogen) atoms. The fourth-order valence-corrected chi connectivity index (χ4v) is 4.17. The van der Waals surface area contributed by atoms with Crippen molar-refractivity contribution < 1.29 is 17.4 Å². The fourth-order valence-electron chi connectivity index (χ4n) is 2.95. The van der Waals surface area contributed by atoms with Crippen LogP contribution in [0.5, 0.6) is 0 Å². The monoisotopic (exact) mass is 332 g/mol. The van der Waals surface area contributed by atoms with E-state index in [-0.39, 0.29) is 11.9 Å². The summed E-state index contributed by atoms with van der Waals surface area (Å²) in [5, 5.41) is 0. The molecule has 0 aromatic heterocycles. The first kappa shape index (κ1) is 19.6. The molecule has 1 saturated carbocycles. The van der Waals surface area contributed by atoms with Crippen LogP contribution in [0.4, 0.5) is 0 Å². The lowest BCUT2D eigenvalue weighted by molar-refractivity contribution is -0.116. The van der Waals surface area contributed by atoms with Crippen LogP contribution in [-0.2, 0) is 19.1 Å². The van der Waals surface area contributed by atoms with E-state index >= 15 is 0 Å². The Morgan fingerprint density at radius 1 is 0.955 bits per heavy atom. The van der Waals surface area contributed by atoms with Gasteiger partial charge in [0.1, 0.15) is 11.5 Å². The largest absolute Gasteiger partial charge is 0.298 e. The maximum atomic E-state index is 11.9. The second-order valence-electron chi connectivity index (χ2n) is 6.47. The highest BCUT2D eigenvalue weighted by molar-refractivity contribution is 7.87. The molecule has 0 amide bonds. The molecular weight excluding hydrogens is 300 g/mol. The summed E-state index contributed by atoms with van der Waals surface area (Å²) in [5.41, 5.74) is 0. The second-order valence-corrected chi connectivity index (χ2v) is 8.06. The van der Waals surface area contributed by atoms with E-state index in [1.807, 2.05) is 0 Å². The number of ketones is 1.